The Labute approximate surface area is 114 Å². The third-order valence-electron chi connectivity index (χ3n) is 3.19. The van der Waals surface area contributed by atoms with Gasteiger partial charge in [-0.2, -0.15) is 0 Å². The van der Waals surface area contributed by atoms with Gasteiger partial charge in [0.15, 0.2) is 5.78 Å². The summed E-state index contributed by atoms with van der Waals surface area (Å²) in [6.07, 6.45) is 3.30. The second-order valence-corrected chi connectivity index (χ2v) is 4.46. The lowest BCUT2D eigenvalue weighted by Gasteiger charge is -2.08. The van der Waals surface area contributed by atoms with E-state index in [1.165, 1.54) is 12.1 Å². The predicted molar refractivity (Wildman–Crippen MR) is 76.0 cm³/mol. The van der Waals surface area contributed by atoms with E-state index in [0.29, 0.717) is 5.56 Å². The van der Waals surface area contributed by atoms with Crippen LogP contribution in [0.15, 0.2) is 54.9 Å². The summed E-state index contributed by atoms with van der Waals surface area (Å²) in [6.45, 7) is 0. The molecule has 0 saturated carbocycles. The molecule has 0 spiro atoms. The third kappa shape index (κ3) is 2.01. The maximum absolute atomic E-state index is 13.3. The molecule has 1 aromatic heterocycles. The van der Waals surface area contributed by atoms with Crippen molar-refractivity contribution < 1.29 is 9.18 Å². The van der Waals surface area contributed by atoms with Crippen LogP contribution in [0.1, 0.15) is 15.9 Å². The smallest absolute Gasteiger partial charge is 0.195 e. The number of anilines is 1. The van der Waals surface area contributed by atoms with Crippen molar-refractivity contribution in [1.82, 2.24) is 4.98 Å². The van der Waals surface area contributed by atoms with Gasteiger partial charge in [0.2, 0.25) is 0 Å². The van der Waals surface area contributed by atoms with Gasteiger partial charge in [-0.3, -0.25) is 9.78 Å². The average molecular weight is 266 g/mol. The summed E-state index contributed by atoms with van der Waals surface area (Å²) in [7, 11) is 0. The summed E-state index contributed by atoms with van der Waals surface area (Å²) in [5.74, 6) is -0.775. The summed E-state index contributed by atoms with van der Waals surface area (Å²) >= 11 is 0. The van der Waals surface area contributed by atoms with Gasteiger partial charge >= 0.3 is 0 Å². The molecule has 2 N–H and O–H groups in total. The standard InChI is InChI=1S/C16H11FN2O/c17-11-4-5-15(18)14(8-11)16(20)13-3-1-2-10-9-19-7-6-12(10)13/h1-9H,18H2. The Morgan fingerprint density at radius 1 is 1.10 bits per heavy atom. The number of pyridine rings is 1. The lowest BCUT2D eigenvalue weighted by Crippen LogP contribution is -2.06. The topological polar surface area (TPSA) is 56.0 Å². The van der Waals surface area contributed by atoms with E-state index in [9.17, 15) is 9.18 Å². The highest BCUT2D eigenvalue weighted by atomic mass is 19.1. The zero-order valence-electron chi connectivity index (χ0n) is 10.5. The number of hydrogen-bond acceptors (Lipinski definition) is 3. The molecule has 0 saturated heterocycles. The minimum Gasteiger partial charge on any atom is -0.398 e. The molecule has 0 fully saturated rings. The van der Waals surface area contributed by atoms with Crippen LogP contribution < -0.4 is 5.73 Å². The summed E-state index contributed by atoms with van der Waals surface area (Å²) in [5.41, 5.74) is 6.70. The molecule has 0 amide bonds. The number of fused-ring (bicyclic) bond motifs is 1. The molecule has 98 valence electrons. The Bertz CT molecular complexity index is 809. The number of nitrogen functional groups attached to an aromatic ring is 1. The van der Waals surface area contributed by atoms with E-state index in [4.69, 9.17) is 5.73 Å². The number of benzene rings is 2. The fourth-order valence-electron chi connectivity index (χ4n) is 2.19. The number of halogens is 1. The molecule has 3 nitrogen and oxygen atoms in total. The Hall–Kier alpha value is -2.75. The molecule has 0 unspecified atom stereocenters. The molecular formula is C16H11FN2O. The van der Waals surface area contributed by atoms with Crippen molar-refractivity contribution in [1.29, 1.82) is 0 Å². The normalized spacial score (nSPS) is 10.7. The summed E-state index contributed by atoms with van der Waals surface area (Å²) in [4.78, 5) is 16.6. The number of aromatic nitrogens is 1. The highest BCUT2D eigenvalue weighted by Gasteiger charge is 2.15. The highest BCUT2D eigenvalue weighted by Crippen LogP contribution is 2.23. The van der Waals surface area contributed by atoms with E-state index in [2.05, 4.69) is 4.98 Å². The molecule has 0 atom stereocenters. The van der Waals surface area contributed by atoms with E-state index in [1.807, 2.05) is 6.07 Å². The third-order valence-corrected chi connectivity index (χ3v) is 3.19. The van der Waals surface area contributed by atoms with Gasteiger partial charge in [-0.05, 0) is 29.7 Å². The summed E-state index contributed by atoms with van der Waals surface area (Å²) < 4.78 is 13.3. The number of carbonyl (C=O) groups is 1. The van der Waals surface area contributed by atoms with E-state index in [-0.39, 0.29) is 17.0 Å². The summed E-state index contributed by atoms with van der Waals surface area (Å²) in [6, 6.07) is 10.9. The lowest BCUT2D eigenvalue weighted by atomic mass is 9.97. The van der Waals surface area contributed by atoms with Gasteiger partial charge in [0, 0.05) is 34.6 Å². The first-order valence-electron chi connectivity index (χ1n) is 6.09. The highest BCUT2D eigenvalue weighted by molar-refractivity contribution is 6.18. The van der Waals surface area contributed by atoms with E-state index < -0.39 is 5.82 Å². The molecule has 1 heterocycles. The minimum atomic E-state index is -0.482. The maximum atomic E-state index is 13.3. The molecule has 0 bridgehead atoms. The van der Waals surface area contributed by atoms with Gasteiger partial charge in [-0.25, -0.2) is 4.39 Å². The van der Waals surface area contributed by atoms with Crippen LogP contribution in [0.3, 0.4) is 0 Å². The number of rotatable bonds is 2. The quantitative estimate of drug-likeness (QED) is 0.572. The Kier molecular flexibility index (Phi) is 2.91. The first kappa shape index (κ1) is 12.3. The first-order chi connectivity index (χ1) is 9.66. The van der Waals surface area contributed by atoms with Crippen molar-refractivity contribution in [3.05, 3.63) is 71.8 Å². The van der Waals surface area contributed by atoms with Crippen LogP contribution >= 0.6 is 0 Å². The number of nitrogens with zero attached hydrogens (tertiary/aromatic N) is 1. The predicted octanol–water partition coefficient (Wildman–Crippen LogP) is 3.19. The first-order valence-corrected chi connectivity index (χ1v) is 6.09. The van der Waals surface area contributed by atoms with Crippen LogP contribution in [0.4, 0.5) is 10.1 Å². The van der Waals surface area contributed by atoms with Crippen molar-refractivity contribution >= 4 is 22.2 Å². The minimum absolute atomic E-state index is 0.175. The Morgan fingerprint density at radius 3 is 2.80 bits per heavy atom. The van der Waals surface area contributed by atoms with Crippen LogP contribution in [0.2, 0.25) is 0 Å². The molecule has 20 heavy (non-hydrogen) atoms. The van der Waals surface area contributed by atoms with Crippen LogP contribution in [0.5, 0.6) is 0 Å². The van der Waals surface area contributed by atoms with Crippen molar-refractivity contribution in [2.24, 2.45) is 0 Å². The van der Waals surface area contributed by atoms with Crippen LogP contribution in [0.25, 0.3) is 10.8 Å². The molecule has 0 aliphatic rings. The molecule has 2 aromatic carbocycles. The van der Waals surface area contributed by atoms with E-state index in [1.54, 1.807) is 30.6 Å². The van der Waals surface area contributed by atoms with Crippen LogP contribution in [-0.4, -0.2) is 10.8 Å². The molecule has 0 radical (unpaired) electrons. The second-order valence-electron chi connectivity index (χ2n) is 4.46. The second kappa shape index (κ2) is 4.74. The van der Waals surface area contributed by atoms with E-state index >= 15 is 0 Å². The van der Waals surface area contributed by atoms with E-state index in [0.717, 1.165) is 16.8 Å². The van der Waals surface area contributed by atoms with Crippen molar-refractivity contribution in [3.63, 3.8) is 0 Å². The fourth-order valence-corrected chi connectivity index (χ4v) is 2.19. The van der Waals surface area contributed by atoms with Gasteiger partial charge in [0.05, 0.1) is 0 Å². The number of hydrogen-bond donors (Lipinski definition) is 1. The summed E-state index contributed by atoms with van der Waals surface area (Å²) in [5, 5.41) is 1.63. The van der Waals surface area contributed by atoms with Gasteiger partial charge in [0.25, 0.3) is 0 Å². The van der Waals surface area contributed by atoms with Gasteiger partial charge in [-0.15, -0.1) is 0 Å². The van der Waals surface area contributed by atoms with Crippen LogP contribution in [0, 0.1) is 5.82 Å². The number of nitrogens with two attached hydrogens (primary N) is 1. The lowest BCUT2D eigenvalue weighted by molar-refractivity contribution is 0.104. The zero-order chi connectivity index (χ0) is 14.1. The number of ketones is 1. The Morgan fingerprint density at radius 2 is 1.95 bits per heavy atom. The monoisotopic (exact) mass is 266 g/mol. The Balaban J connectivity index is 2.20. The molecule has 4 heteroatoms. The van der Waals surface area contributed by atoms with Crippen molar-refractivity contribution in [3.8, 4) is 0 Å². The maximum Gasteiger partial charge on any atom is 0.195 e. The van der Waals surface area contributed by atoms with Crippen molar-refractivity contribution in [2.75, 3.05) is 5.73 Å². The molecule has 0 aliphatic heterocycles. The van der Waals surface area contributed by atoms with Crippen LogP contribution in [-0.2, 0) is 0 Å². The zero-order valence-corrected chi connectivity index (χ0v) is 10.5. The molecule has 3 rings (SSSR count). The largest absolute Gasteiger partial charge is 0.398 e. The fraction of sp³-hybridized carbons (Fsp3) is 0. The molecular weight excluding hydrogens is 255 g/mol. The molecule has 0 aliphatic carbocycles. The number of carbonyl (C=O) groups excluding carboxylic acids is 1. The van der Waals surface area contributed by atoms with Gasteiger partial charge < -0.3 is 5.73 Å². The molecule has 3 aromatic rings. The van der Waals surface area contributed by atoms with Gasteiger partial charge in [0.1, 0.15) is 5.82 Å². The average Bonchev–Trinajstić information content (AvgIpc) is 2.48. The van der Waals surface area contributed by atoms with Gasteiger partial charge in [-0.1, -0.05) is 18.2 Å². The van der Waals surface area contributed by atoms with Crippen molar-refractivity contribution in [2.45, 2.75) is 0 Å². The SMILES string of the molecule is Nc1ccc(F)cc1C(=O)c1cccc2cnccc12.